The summed E-state index contributed by atoms with van der Waals surface area (Å²) in [5.74, 6) is 0.910. The normalized spacial score (nSPS) is 10.7. The quantitative estimate of drug-likeness (QED) is 0.688. The van der Waals surface area contributed by atoms with Crippen molar-refractivity contribution in [1.82, 2.24) is 10.3 Å². The number of aromatic nitrogens is 1. The van der Waals surface area contributed by atoms with Crippen LogP contribution < -0.4 is 10.6 Å². The number of nitrogens with one attached hydrogen (secondary N) is 2. The minimum atomic E-state index is -0.261. The summed E-state index contributed by atoms with van der Waals surface area (Å²) in [6, 6.07) is 3.43. The molecule has 6 heteroatoms. The van der Waals surface area contributed by atoms with Crippen LogP contribution in [0.5, 0.6) is 0 Å². The first-order chi connectivity index (χ1) is 10.0. The predicted octanol–water partition coefficient (Wildman–Crippen LogP) is 2.96. The maximum absolute atomic E-state index is 12.0. The van der Waals surface area contributed by atoms with E-state index in [0.29, 0.717) is 29.9 Å². The van der Waals surface area contributed by atoms with Gasteiger partial charge in [-0.2, -0.15) is 0 Å². The first kappa shape index (κ1) is 17.7. The van der Waals surface area contributed by atoms with E-state index in [1.165, 1.54) is 0 Å². The lowest BCUT2D eigenvalue weighted by Crippen LogP contribution is -2.26. The minimum absolute atomic E-state index is 0.248. The first-order valence-electron chi connectivity index (χ1n) is 7.31. The van der Waals surface area contributed by atoms with Gasteiger partial charge in [0.2, 0.25) is 0 Å². The lowest BCUT2D eigenvalue weighted by atomic mass is 10.2. The third kappa shape index (κ3) is 6.78. The highest BCUT2D eigenvalue weighted by atomic mass is 35.5. The van der Waals surface area contributed by atoms with Gasteiger partial charge < -0.3 is 15.4 Å². The average molecular weight is 314 g/mol. The second-order valence-electron chi connectivity index (χ2n) is 5.14. The van der Waals surface area contributed by atoms with E-state index < -0.39 is 0 Å². The Morgan fingerprint density at radius 1 is 1.43 bits per heavy atom. The highest BCUT2D eigenvalue weighted by molar-refractivity contribution is 6.33. The second-order valence-corrected chi connectivity index (χ2v) is 5.54. The fourth-order valence-corrected chi connectivity index (χ4v) is 1.85. The summed E-state index contributed by atoms with van der Waals surface area (Å²) in [5, 5.41) is 6.21. The molecule has 5 nitrogen and oxygen atoms in total. The van der Waals surface area contributed by atoms with Crippen LogP contribution in [0, 0.1) is 5.92 Å². The number of hydrogen-bond acceptors (Lipinski definition) is 4. The molecular formula is C15H24ClN3O2. The maximum Gasteiger partial charge on any atom is 0.271 e. The average Bonchev–Trinajstić information content (AvgIpc) is 2.44. The van der Waals surface area contributed by atoms with Gasteiger partial charge in [-0.3, -0.25) is 4.79 Å². The van der Waals surface area contributed by atoms with E-state index in [4.69, 9.17) is 16.3 Å². The number of ether oxygens (including phenoxy) is 1. The van der Waals surface area contributed by atoms with E-state index in [9.17, 15) is 4.79 Å². The summed E-state index contributed by atoms with van der Waals surface area (Å²) in [7, 11) is 0. The topological polar surface area (TPSA) is 63.2 Å². The number of halogens is 1. The van der Waals surface area contributed by atoms with Crippen molar-refractivity contribution in [3.63, 3.8) is 0 Å². The Morgan fingerprint density at radius 2 is 2.19 bits per heavy atom. The Bertz CT molecular complexity index is 453. The molecule has 1 aromatic rings. The summed E-state index contributed by atoms with van der Waals surface area (Å²) in [6.45, 7) is 8.83. The SMILES string of the molecule is CCNc1ccc(Cl)c(C(=O)NCCCOCC(C)C)n1. The van der Waals surface area contributed by atoms with E-state index in [1.807, 2.05) is 6.92 Å². The van der Waals surface area contributed by atoms with Crippen molar-refractivity contribution in [1.29, 1.82) is 0 Å². The molecule has 1 aromatic heterocycles. The molecule has 0 aliphatic rings. The molecule has 0 spiro atoms. The zero-order chi connectivity index (χ0) is 15.7. The van der Waals surface area contributed by atoms with E-state index in [2.05, 4.69) is 29.5 Å². The molecule has 21 heavy (non-hydrogen) atoms. The molecule has 0 saturated heterocycles. The van der Waals surface area contributed by atoms with Crippen LogP contribution in [-0.2, 0) is 4.74 Å². The summed E-state index contributed by atoms with van der Waals surface area (Å²) < 4.78 is 5.45. The van der Waals surface area contributed by atoms with Crippen molar-refractivity contribution in [2.45, 2.75) is 27.2 Å². The molecule has 1 rings (SSSR count). The van der Waals surface area contributed by atoms with Crippen molar-refractivity contribution < 1.29 is 9.53 Å². The highest BCUT2D eigenvalue weighted by Gasteiger charge is 2.12. The van der Waals surface area contributed by atoms with Gasteiger partial charge in [0.25, 0.3) is 5.91 Å². The summed E-state index contributed by atoms with van der Waals surface area (Å²) in [5.41, 5.74) is 0.248. The Hall–Kier alpha value is -1.33. The zero-order valence-corrected chi connectivity index (χ0v) is 13.7. The molecule has 0 radical (unpaired) electrons. The molecule has 0 aliphatic carbocycles. The number of pyridine rings is 1. The maximum atomic E-state index is 12.0. The molecule has 118 valence electrons. The number of amides is 1. The smallest absolute Gasteiger partial charge is 0.271 e. The van der Waals surface area contributed by atoms with Gasteiger partial charge in [-0.05, 0) is 31.4 Å². The van der Waals surface area contributed by atoms with E-state index in [0.717, 1.165) is 19.6 Å². The Labute approximate surface area is 131 Å². The standard InChI is InChI=1S/C15H24ClN3O2/c1-4-17-13-7-6-12(16)14(19-13)15(20)18-8-5-9-21-10-11(2)3/h6-7,11H,4-5,8-10H2,1-3H3,(H,17,19)(H,18,20). The minimum Gasteiger partial charge on any atom is -0.381 e. The van der Waals surface area contributed by atoms with Crippen molar-refractivity contribution in [3.8, 4) is 0 Å². The Balaban J connectivity index is 2.39. The van der Waals surface area contributed by atoms with Crippen LogP contribution >= 0.6 is 11.6 Å². The van der Waals surface area contributed by atoms with Gasteiger partial charge in [0, 0.05) is 26.3 Å². The Morgan fingerprint density at radius 3 is 2.86 bits per heavy atom. The van der Waals surface area contributed by atoms with Gasteiger partial charge in [-0.25, -0.2) is 4.98 Å². The van der Waals surface area contributed by atoms with Gasteiger partial charge in [-0.1, -0.05) is 25.4 Å². The molecule has 0 aromatic carbocycles. The summed E-state index contributed by atoms with van der Waals surface area (Å²) in [6.07, 6.45) is 0.767. The van der Waals surface area contributed by atoms with E-state index in [-0.39, 0.29) is 11.6 Å². The number of carbonyl (C=O) groups is 1. The van der Waals surface area contributed by atoms with Crippen LogP contribution in [-0.4, -0.2) is 37.2 Å². The van der Waals surface area contributed by atoms with Crippen LogP contribution in [0.1, 0.15) is 37.7 Å². The molecule has 0 unspecified atom stereocenters. The number of hydrogen-bond donors (Lipinski definition) is 2. The van der Waals surface area contributed by atoms with Crippen LogP contribution in [0.4, 0.5) is 5.82 Å². The third-order valence-electron chi connectivity index (χ3n) is 2.62. The van der Waals surface area contributed by atoms with Gasteiger partial charge in [-0.15, -0.1) is 0 Å². The van der Waals surface area contributed by atoms with Gasteiger partial charge in [0.15, 0.2) is 0 Å². The summed E-state index contributed by atoms with van der Waals surface area (Å²) in [4.78, 5) is 16.3. The number of carbonyl (C=O) groups excluding carboxylic acids is 1. The molecule has 0 bridgehead atoms. The molecule has 1 amide bonds. The van der Waals surface area contributed by atoms with E-state index >= 15 is 0 Å². The van der Waals surface area contributed by atoms with Crippen molar-refractivity contribution in [2.24, 2.45) is 5.92 Å². The number of rotatable bonds is 9. The lowest BCUT2D eigenvalue weighted by Gasteiger charge is -2.09. The molecule has 1 heterocycles. The molecule has 2 N–H and O–H groups in total. The third-order valence-corrected chi connectivity index (χ3v) is 2.93. The summed E-state index contributed by atoms with van der Waals surface area (Å²) >= 11 is 6.01. The molecule has 0 saturated carbocycles. The molecular weight excluding hydrogens is 290 g/mol. The van der Waals surface area contributed by atoms with Crippen molar-refractivity contribution in [2.75, 3.05) is 31.6 Å². The largest absolute Gasteiger partial charge is 0.381 e. The first-order valence-corrected chi connectivity index (χ1v) is 7.68. The monoisotopic (exact) mass is 313 g/mol. The van der Waals surface area contributed by atoms with E-state index in [1.54, 1.807) is 12.1 Å². The second kappa shape index (κ2) is 9.58. The molecule has 0 fully saturated rings. The van der Waals surface area contributed by atoms with Crippen LogP contribution in [0.25, 0.3) is 0 Å². The molecule has 0 atom stereocenters. The molecule has 0 aliphatic heterocycles. The zero-order valence-electron chi connectivity index (χ0n) is 12.9. The number of nitrogens with zero attached hydrogens (tertiary/aromatic N) is 1. The van der Waals surface area contributed by atoms with Crippen LogP contribution in [0.3, 0.4) is 0 Å². The van der Waals surface area contributed by atoms with Crippen LogP contribution in [0.15, 0.2) is 12.1 Å². The Kier molecular flexibility index (Phi) is 8.08. The van der Waals surface area contributed by atoms with Crippen LogP contribution in [0.2, 0.25) is 5.02 Å². The highest BCUT2D eigenvalue weighted by Crippen LogP contribution is 2.16. The van der Waals surface area contributed by atoms with Crippen molar-refractivity contribution in [3.05, 3.63) is 22.8 Å². The van der Waals surface area contributed by atoms with Gasteiger partial charge in [0.1, 0.15) is 11.5 Å². The predicted molar refractivity (Wildman–Crippen MR) is 86.0 cm³/mol. The fraction of sp³-hybridized carbons (Fsp3) is 0.600. The lowest BCUT2D eigenvalue weighted by molar-refractivity contribution is 0.0921. The van der Waals surface area contributed by atoms with Gasteiger partial charge in [0.05, 0.1) is 5.02 Å². The fourth-order valence-electron chi connectivity index (χ4n) is 1.66. The number of anilines is 1. The van der Waals surface area contributed by atoms with Crippen molar-refractivity contribution >= 4 is 23.3 Å². The van der Waals surface area contributed by atoms with Gasteiger partial charge >= 0.3 is 0 Å².